The fourth-order valence-corrected chi connectivity index (χ4v) is 4.19. The summed E-state index contributed by atoms with van der Waals surface area (Å²) in [6, 6.07) is 12.7. The van der Waals surface area contributed by atoms with Crippen molar-refractivity contribution in [3.05, 3.63) is 69.3 Å². The second-order valence-corrected chi connectivity index (χ2v) is 13.0. The fraction of sp³-hybridized carbons (Fsp3) is 0.387. The van der Waals surface area contributed by atoms with Gasteiger partial charge < -0.3 is 15.4 Å². The number of hydrogen-bond acceptors (Lipinski definition) is 4. The predicted molar refractivity (Wildman–Crippen MR) is 161 cm³/mol. The predicted octanol–water partition coefficient (Wildman–Crippen LogP) is 7.34. The van der Waals surface area contributed by atoms with Gasteiger partial charge in [-0.3, -0.25) is 4.79 Å². The van der Waals surface area contributed by atoms with E-state index in [1.807, 2.05) is 45.9 Å². The molecule has 3 aromatic rings. The minimum Gasteiger partial charge on any atom is -0.444 e. The maximum Gasteiger partial charge on any atom is 0.408 e. The highest BCUT2D eigenvalue weighted by Crippen LogP contribution is 2.32. The molecule has 3 rings (SSSR count). The molecule has 0 bridgehead atoms. The Morgan fingerprint density at radius 2 is 1.55 bits per heavy atom. The molecule has 0 aliphatic rings. The van der Waals surface area contributed by atoms with E-state index in [1.54, 1.807) is 63.6 Å². The van der Waals surface area contributed by atoms with Crippen molar-refractivity contribution in [2.24, 2.45) is 0 Å². The van der Waals surface area contributed by atoms with E-state index in [2.05, 4.69) is 22.5 Å². The number of amides is 2. The van der Waals surface area contributed by atoms with Crippen LogP contribution in [0.1, 0.15) is 77.0 Å². The number of ether oxygens (including phenoxy) is 1. The maximum atomic E-state index is 13.1. The summed E-state index contributed by atoms with van der Waals surface area (Å²) < 4.78 is 7.00. The molecule has 0 unspecified atom stereocenters. The molecule has 0 aliphatic heterocycles. The zero-order chi connectivity index (χ0) is 30.0. The van der Waals surface area contributed by atoms with Crippen molar-refractivity contribution >= 4 is 35.2 Å². The molecule has 9 heteroatoms. The lowest BCUT2D eigenvalue weighted by molar-refractivity contribution is 0.0494. The van der Waals surface area contributed by atoms with E-state index in [9.17, 15) is 9.59 Å². The molecule has 40 heavy (non-hydrogen) atoms. The van der Waals surface area contributed by atoms with E-state index in [4.69, 9.17) is 33.0 Å². The second-order valence-electron chi connectivity index (χ2n) is 12.1. The van der Waals surface area contributed by atoms with Gasteiger partial charge in [-0.2, -0.15) is 5.10 Å². The normalized spacial score (nSPS) is 11.9. The first-order valence-corrected chi connectivity index (χ1v) is 13.6. The van der Waals surface area contributed by atoms with Crippen LogP contribution in [-0.4, -0.2) is 38.5 Å². The molecule has 0 atom stereocenters. The van der Waals surface area contributed by atoms with Crippen molar-refractivity contribution in [2.75, 3.05) is 0 Å². The topological polar surface area (TPSA) is 85.3 Å². The van der Waals surface area contributed by atoms with Gasteiger partial charge in [-0.1, -0.05) is 47.2 Å². The highest BCUT2D eigenvalue weighted by molar-refractivity contribution is 6.32. The Labute approximate surface area is 246 Å². The molecule has 2 amide bonds. The summed E-state index contributed by atoms with van der Waals surface area (Å²) in [7, 11) is 0. The van der Waals surface area contributed by atoms with Gasteiger partial charge in [0, 0.05) is 27.3 Å². The summed E-state index contributed by atoms with van der Waals surface area (Å²) >= 11 is 12.9. The number of halogens is 2. The third-order valence-electron chi connectivity index (χ3n) is 5.45. The molecule has 7 nitrogen and oxygen atoms in total. The first-order valence-electron chi connectivity index (χ1n) is 12.9. The molecule has 2 N–H and O–H groups in total. The highest BCUT2D eigenvalue weighted by Gasteiger charge is 2.26. The average Bonchev–Trinajstić information content (AvgIpc) is 3.12. The number of rotatable bonds is 4. The molecule has 212 valence electrons. The number of carbonyl (C=O) groups excluding carboxylic acids is 2. The summed E-state index contributed by atoms with van der Waals surface area (Å²) in [5, 5.41) is 11.4. The zero-order valence-corrected chi connectivity index (χ0v) is 25.9. The van der Waals surface area contributed by atoms with Gasteiger partial charge in [0.25, 0.3) is 5.91 Å². The Balaban J connectivity index is 2.01. The number of hydrogen-bond donors (Lipinski definition) is 2. The van der Waals surface area contributed by atoms with Crippen molar-refractivity contribution in [3.8, 4) is 28.8 Å². The van der Waals surface area contributed by atoms with E-state index in [1.165, 1.54) is 0 Å². The zero-order valence-electron chi connectivity index (χ0n) is 24.4. The fourth-order valence-electron chi connectivity index (χ4n) is 3.81. The third kappa shape index (κ3) is 8.27. The molecule has 0 saturated carbocycles. The first-order chi connectivity index (χ1) is 18.3. The molecule has 1 heterocycles. The van der Waals surface area contributed by atoms with Crippen LogP contribution in [0, 0.1) is 18.8 Å². The van der Waals surface area contributed by atoms with Gasteiger partial charge in [0.1, 0.15) is 5.60 Å². The van der Waals surface area contributed by atoms with Crippen LogP contribution < -0.4 is 10.6 Å². The Hall–Kier alpha value is -3.47. The number of nitrogens with zero attached hydrogens (tertiary/aromatic N) is 2. The van der Waals surface area contributed by atoms with Gasteiger partial charge in [0.05, 0.1) is 21.9 Å². The quantitative estimate of drug-likeness (QED) is 0.315. The van der Waals surface area contributed by atoms with Crippen LogP contribution in [0.4, 0.5) is 4.79 Å². The van der Waals surface area contributed by atoms with Gasteiger partial charge >= 0.3 is 6.09 Å². The number of benzene rings is 2. The monoisotopic (exact) mass is 582 g/mol. The van der Waals surface area contributed by atoms with Crippen LogP contribution in [0.15, 0.2) is 42.5 Å². The Bertz CT molecular complexity index is 1480. The standard InChI is InChI=1S/C31H36Cl2N4O3/c1-19-25(27(38)34-29(2,3)4)36-37(26(19)21-11-13-22(32)14-12-21)24-15-10-20(18-23(24)33)16-17-31(8,9)35-28(39)40-30(5,6)7/h10-15,18H,1-9H3,(H,34,38)(H,35,39). The van der Waals surface area contributed by atoms with E-state index >= 15 is 0 Å². The largest absolute Gasteiger partial charge is 0.444 e. The van der Waals surface area contributed by atoms with Gasteiger partial charge in [0.2, 0.25) is 0 Å². The molecule has 0 radical (unpaired) electrons. The molecule has 1 aromatic heterocycles. The molecular weight excluding hydrogens is 547 g/mol. The molecular formula is C31H36Cl2N4O3. The van der Waals surface area contributed by atoms with Crippen molar-refractivity contribution in [1.82, 2.24) is 20.4 Å². The first kappa shape index (κ1) is 31.1. The average molecular weight is 584 g/mol. The lowest BCUT2D eigenvalue weighted by Crippen LogP contribution is -2.44. The highest BCUT2D eigenvalue weighted by atomic mass is 35.5. The lowest BCUT2D eigenvalue weighted by atomic mass is 10.0. The van der Waals surface area contributed by atoms with E-state index in [0.29, 0.717) is 32.6 Å². The number of carbonyl (C=O) groups is 2. The Morgan fingerprint density at radius 1 is 0.925 bits per heavy atom. The van der Waals surface area contributed by atoms with E-state index in [0.717, 1.165) is 11.3 Å². The summed E-state index contributed by atoms with van der Waals surface area (Å²) in [5.41, 5.74) is 1.91. The Morgan fingerprint density at radius 3 is 2.10 bits per heavy atom. The summed E-state index contributed by atoms with van der Waals surface area (Å²) in [6.45, 7) is 16.6. The minimum absolute atomic E-state index is 0.280. The van der Waals surface area contributed by atoms with Crippen LogP contribution in [0.3, 0.4) is 0 Å². The summed E-state index contributed by atoms with van der Waals surface area (Å²) in [5.74, 6) is 5.85. The number of nitrogens with one attached hydrogen (secondary N) is 2. The second kappa shape index (κ2) is 11.6. The lowest BCUT2D eigenvalue weighted by Gasteiger charge is -2.24. The van der Waals surface area contributed by atoms with Gasteiger partial charge in [-0.15, -0.1) is 0 Å². The molecule has 0 saturated heterocycles. The van der Waals surface area contributed by atoms with Gasteiger partial charge in [-0.25, -0.2) is 9.48 Å². The van der Waals surface area contributed by atoms with E-state index < -0.39 is 22.8 Å². The van der Waals surface area contributed by atoms with Crippen LogP contribution in [0.2, 0.25) is 10.0 Å². The van der Waals surface area contributed by atoms with Crippen LogP contribution in [0.25, 0.3) is 16.9 Å². The molecule has 0 spiro atoms. The van der Waals surface area contributed by atoms with Crippen molar-refractivity contribution in [2.45, 2.75) is 79.0 Å². The van der Waals surface area contributed by atoms with Crippen molar-refractivity contribution < 1.29 is 14.3 Å². The minimum atomic E-state index is -0.844. The van der Waals surface area contributed by atoms with Crippen LogP contribution in [-0.2, 0) is 4.74 Å². The van der Waals surface area contributed by atoms with Crippen molar-refractivity contribution in [3.63, 3.8) is 0 Å². The molecule has 0 aliphatic carbocycles. The number of aromatic nitrogens is 2. The summed E-state index contributed by atoms with van der Waals surface area (Å²) in [6.07, 6.45) is -0.546. The van der Waals surface area contributed by atoms with Crippen LogP contribution in [0.5, 0.6) is 0 Å². The van der Waals surface area contributed by atoms with Crippen LogP contribution >= 0.6 is 23.2 Å². The van der Waals surface area contributed by atoms with Gasteiger partial charge in [-0.05, 0) is 92.6 Å². The third-order valence-corrected chi connectivity index (χ3v) is 6.01. The maximum absolute atomic E-state index is 13.1. The SMILES string of the molecule is Cc1c(C(=O)NC(C)(C)C)nn(-c2ccc(C#CC(C)(C)NC(=O)OC(C)(C)C)cc2Cl)c1-c1ccc(Cl)cc1. The molecule has 2 aromatic carbocycles. The van der Waals surface area contributed by atoms with Gasteiger partial charge in [0.15, 0.2) is 5.69 Å². The Kier molecular flexibility index (Phi) is 8.98. The molecule has 0 fully saturated rings. The van der Waals surface area contributed by atoms with Crippen molar-refractivity contribution in [1.29, 1.82) is 0 Å². The smallest absolute Gasteiger partial charge is 0.408 e. The number of alkyl carbamates (subject to hydrolysis) is 1. The van der Waals surface area contributed by atoms with E-state index in [-0.39, 0.29) is 5.91 Å². The summed E-state index contributed by atoms with van der Waals surface area (Å²) in [4.78, 5) is 25.3.